The topological polar surface area (TPSA) is 168 Å². The maximum atomic E-state index is 12.2. The molecule has 1 aliphatic rings. The number of anilines is 1. The summed E-state index contributed by atoms with van der Waals surface area (Å²) in [4.78, 5) is 34.2. The van der Waals surface area contributed by atoms with Crippen molar-refractivity contribution in [2.45, 2.75) is 26.2 Å². The summed E-state index contributed by atoms with van der Waals surface area (Å²) >= 11 is 0. The Balaban J connectivity index is 2.08. The van der Waals surface area contributed by atoms with Crippen LogP contribution in [0.5, 0.6) is 0 Å². The maximum absolute atomic E-state index is 12.2. The van der Waals surface area contributed by atoms with Gasteiger partial charge in [-0.2, -0.15) is 25.7 Å². The minimum Gasteiger partial charge on any atom is -0.481 e. The Morgan fingerprint density at radius 3 is 2.57 bits per heavy atom. The van der Waals surface area contributed by atoms with Crippen LogP contribution in [-0.4, -0.2) is 46.1 Å². The first-order valence-electron chi connectivity index (χ1n) is 8.84. The molecule has 1 aromatic rings. The van der Waals surface area contributed by atoms with Gasteiger partial charge in [0.25, 0.3) is 0 Å². The lowest BCUT2D eigenvalue weighted by atomic mass is 9.94. The van der Waals surface area contributed by atoms with Crippen LogP contribution in [0.4, 0.5) is 5.69 Å². The number of benzene rings is 1. The van der Waals surface area contributed by atoms with Crippen LogP contribution in [0.1, 0.15) is 31.7 Å². The van der Waals surface area contributed by atoms with Crippen molar-refractivity contribution in [3.63, 3.8) is 0 Å². The molecule has 11 nitrogen and oxygen atoms in total. The molecule has 0 bridgehead atoms. The first kappa shape index (κ1) is 22.0. The standard InChI is InChI=1S/C19H18N6O5/c1-12-8-16(26)25(11-30-18(29)7-6-17(27)28)24-19(12)13-2-4-14(5-3-13)22-23-15(9-20)10-21/h2-5,12,22H,6-8,11H2,1H3,(H,27,28)/t12-/m1/s1. The van der Waals surface area contributed by atoms with Gasteiger partial charge in [0, 0.05) is 12.3 Å². The SMILES string of the molecule is C[C@@H]1CC(=O)N(COC(=O)CCC(=O)O)N=C1c1ccc(NN=C(C#N)C#N)cc1. The Bertz CT molecular complexity index is 955. The average Bonchev–Trinajstić information content (AvgIpc) is 2.73. The Hall–Kier alpha value is -4.25. The van der Waals surface area contributed by atoms with E-state index in [9.17, 15) is 14.4 Å². The molecule has 11 heteroatoms. The summed E-state index contributed by atoms with van der Waals surface area (Å²) in [6.07, 6.45) is -0.475. The van der Waals surface area contributed by atoms with Gasteiger partial charge < -0.3 is 9.84 Å². The molecule has 1 atom stereocenters. The molecule has 0 saturated carbocycles. The number of aliphatic carboxylic acids is 1. The van der Waals surface area contributed by atoms with Gasteiger partial charge in [0.1, 0.15) is 12.1 Å². The summed E-state index contributed by atoms with van der Waals surface area (Å²) in [5, 5.41) is 34.9. The summed E-state index contributed by atoms with van der Waals surface area (Å²) in [6.45, 7) is 1.45. The third kappa shape index (κ3) is 6.14. The highest BCUT2D eigenvalue weighted by Gasteiger charge is 2.28. The lowest BCUT2D eigenvalue weighted by Gasteiger charge is -2.27. The van der Waals surface area contributed by atoms with Crippen LogP contribution in [0.3, 0.4) is 0 Å². The number of hydrogen-bond acceptors (Lipinski definition) is 9. The third-order valence-electron chi connectivity index (χ3n) is 4.04. The van der Waals surface area contributed by atoms with E-state index in [1.54, 1.807) is 36.4 Å². The lowest BCUT2D eigenvalue weighted by molar-refractivity contribution is -0.155. The lowest BCUT2D eigenvalue weighted by Crippen LogP contribution is -2.38. The van der Waals surface area contributed by atoms with Gasteiger partial charge in [0.2, 0.25) is 11.6 Å². The average molecular weight is 410 g/mol. The monoisotopic (exact) mass is 410 g/mol. The largest absolute Gasteiger partial charge is 0.481 e. The van der Waals surface area contributed by atoms with Gasteiger partial charge in [-0.15, -0.1) is 0 Å². The number of rotatable bonds is 8. The van der Waals surface area contributed by atoms with E-state index in [-0.39, 0.29) is 36.8 Å². The summed E-state index contributed by atoms with van der Waals surface area (Å²) in [5.41, 5.74) is 4.18. The van der Waals surface area contributed by atoms with Crippen LogP contribution in [0.25, 0.3) is 0 Å². The van der Waals surface area contributed by atoms with Crippen LogP contribution in [0.15, 0.2) is 34.5 Å². The van der Waals surface area contributed by atoms with E-state index < -0.39 is 18.7 Å². The Morgan fingerprint density at radius 1 is 1.30 bits per heavy atom. The predicted molar refractivity (Wildman–Crippen MR) is 104 cm³/mol. The molecule has 0 saturated heterocycles. The highest BCUT2D eigenvalue weighted by atomic mass is 16.5. The fraction of sp³-hybridized carbons (Fsp3) is 0.316. The molecule has 1 aromatic carbocycles. The van der Waals surface area contributed by atoms with Gasteiger partial charge in [-0.1, -0.05) is 19.1 Å². The van der Waals surface area contributed by atoms with Crippen LogP contribution >= 0.6 is 0 Å². The third-order valence-corrected chi connectivity index (χ3v) is 4.04. The molecule has 1 heterocycles. The molecule has 1 amide bonds. The fourth-order valence-corrected chi connectivity index (χ4v) is 2.52. The van der Waals surface area contributed by atoms with Crippen molar-refractivity contribution in [1.29, 1.82) is 10.5 Å². The number of hydrazone groups is 2. The molecule has 154 valence electrons. The predicted octanol–water partition coefficient (Wildman–Crippen LogP) is 1.44. The molecule has 30 heavy (non-hydrogen) atoms. The number of carbonyl (C=O) groups excluding carboxylic acids is 2. The fourth-order valence-electron chi connectivity index (χ4n) is 2.52. The molecule has 2 N–H and O–H groups in total. The first-order valence-corrected chi connectivity index (χ1v) is 8.84. The van der Waals surface area contributed by atoms with Gasteiger partial charge in [-0.25, -0.2) is 0 Å². The van der Waals surface area contributed by atoms with E-state index in [2.05, 4.69) is 15.6 Å². The van der Waals surface area contributed by atoms with E-state index in [1.165, 1.54) is 0 Å². The highest BCUT2D eigenvalue weighted by molar-refractivity contribution is 6.10. The van der Waals surface area contributed by atoms with Gasteiger partial charge >= 0.3 is 11.9 Å². The van der Waals surface area contributed by atoms with E-state index in [4.69, 9.17) is 20.4 Å². The van der Waals surface area contributed by atoms with Crippen molar-refractivity contribution in [2.75, 3.05) is 12.2 Å². The minimum atomic E-state index is -1.12. The summed E-state index contributed by atoms with van der Waals surface area (Å²) < 4.78 is 4.93. The van der Waals surface area contributed by atoms with Gasteiger partial charge in [0.05, 0.1) is 24.2 Å². The zero-order chi connectivity index (χ0) is 22.1. The van der Waals surface area contributed by atoms with Crippen LogP contribution in [-0.2, 0) is 19.1 Å². The number of carbonyl (C=O) groups is 3. The molecule has 0 fully saturated rings. The first-order chi connectivity index (χ1) is 14.3. The van der Waals surface area contributed by atoms with Crippen LogP contribution in [0.2, 0.25) is 0 Å². The van der Waals surface area contributed by atoms with Gasteiger partial charge in [-0.05, 0) is 17.7 Å². The highest BCUT2D eigenvalue weighted by Crippen LogP contribution is 2.22. The molecular formula is C19H18N6O5. The molecule has 0 spiro atoms. The number of hydrogen-bond donors (Lipinski definition) is 2. The number of ether oxygens (including phenoxy) is 1. The van der Waals surface area contributed by atoms with Crippen molar-refractivity contribution in [3.8, 4) is 12.1 Å². The van der Waals surface area contributed by atoms with Gasteiger partial charge in [0.15, 0.2) is 6.73 Å². The number of nitrogens with zero attached hydrogens (tertiary/aromatic N) is 5. The van der Waals surface area contributed by atoms with Crippen molar-refractivity contribution in [1.82, 2.24) is 5.01 Å². The van der Waals surface area contributed by atoms with E-state index in [0.717, 1.165) is 10.6 Å². The van der Waals surface area contributed by atoms with E-state index in [1.807, 2.05) is 6.92 Å². The molecule has 1 aliphatic heterocycles. The summed E-state index contributed by atoms with van der Waals surface area (Å²) in [6, 6.07) is 10.1. The number of carboxylic acid groups (broad SMARTS) is 1. The number of nitriles is 2. The molecule has 0 radical (unpaired) electrons. The Morgan fingerprint density at radius 2 is 1.97 bits per heavy atom. The van der Waals surface area contributed by atoms with Crippen molar-refractivity contribution < 1.29 is 24.2 Å². The van der Waals surface area contributed by atoms with Crippen LogP contribution in [0, 0.1) is 28.6 Å². The smallest absolute Gasteiger partial charge is 0.308 e. The normalized spacial score (nSPS) is 15.3. The summed E-state index contributed by atoms with van der Waals surface area (Å²) in [7, 11) is 0. The Labute approximate surface area is 171 Å². The second kappa shape index (κ2) is 10.3. The van der Waals surface area contributed by atoms with Crippen LogP contribution < -0.4 is 5.43 Å². The molecule has 0 unspecified atom stereocenters. The Kier molecular flexibility index (Phi) is 7.60. The van der Waals surface area contributed by atoms with Crippen molar-refractivity contribution in [2.24, 2.45) is 16.1 Å². The quantitative estimate of drug-likeness (QED) is 0.368. The van der Waals surface area contributed by atoms with Crippen molar-refractivity contribution >= 4 is 35.0 Å². The molecular weight excluding hydrogens is 392 g/mol. The minimum absolute atomic E-state index is 0.169. The maximum Gasteiger partial charge on any atom is 0.308 e. The molecule has 2 rings (SSSR count). The second-order valence-corrected chi connectivity index (χ2v) is 6.30. The molecule has 0 aliphatic carbocycles. The molecule has 0 aromatic heterocycles. The van der Waals surface area contributed by atoms with E-state index in [0.29, 0.717) is 11.4 Å². The summed E-state index contributed by atoms with van der Waals surface area (Å²) in [5.74, 6) is -2.33. The number of carboxylic acids is 1. The van der Waals surface area contributed by atoms with E-state index >= 15 is 0 Å². The second-order valence-electron chi connectivity index (χ2n) is 6.30. The zero-order valence-corrected chi connectivity index (χ0v) is 16.0. The number of amides is 1. The number of esters is 1. The van der Waals surface area contributed by atoms with Crippen molar-refractivity contribution in [3.05, 3.63) is 29.8 Å². The number of nitrogens with one attached hydrogen (secondary N) is 1. The van der Waals surface area contributed by atoms with Gasteiger partial charge in [-0.3, -0.25) is 19.8 Å². The zero-order valence-electron chi connectivity index (χ0n) is 16.0.